The zero-order chi connectivity index (χ0) is 22.0. The van der Waals surface area contributed by atoms with Crippen LogP contribution in [0.4, 0.5) is 4.39 Å². The molecule has 3 saturated heterocycles. The number of carbonyl (C=O) groups is 2. The lowest BCUT2D eigenvalue weighted by Gasteiger charge is -2.25. The largest absolute Gasteiger partial charge is 0.376 e. The maximum Gasteiger partial charge on any atom is 0.225 e. The van der Waals surface area contributed by atoms with Crippen LogP contribution in [0.1, 0.15) is 45.1 Å². The van der Waals surface area contributed by atoms with Crippen molar-refractivity contribution in [2.75, 3.05) is 26.2 Å². The summed E-state index contributed by atoms with van der Waals surface area (Å²) in [7, 11) is 0. The second-order valence-corrected chi connectivity index (χ2v) is 9.52. The second kappa shape index (κ2) is 9.65. The number of rotatable bonds is 7. The van der Waals surface area contributed by atoms with Gasteiger partial charge in [-0.15, -0.1) is 0 Å². The molecule has 0 bridgehead atoms. The summed E-state index contributed by atoms with van der Waals surface area (Å²) in [6.45, 7) is 7.31. The summed E-state index contributed by atoms with van der Waals surface area (Å²) in [5.41, 5.74) is 0.658. The van der Waals surface area contributed by atoms with Crippen molar-refractivity contribution < 1.29 is 18.7 Å². The first kappa shape index (κ1) is 22.2. The summed E-state index contributed by atoms with van der Waals surface area (Å²) >= 11 is 0. The Morgan fingerprint density at radius 1 is 1.19 bits per heavy atom. The van der Waals surface area contributed by atoms with E-state index < -0.39 is 0 Å². The van der Waals surface area contributed by atoms with Gasteiger partial charge in [0.25, 0.3) is 0 Å². The molecule has 1 N–H and O–H groups in total. The van der Waals surface area contributed by atoms with Crippen LogP contribution in [0.3, 0.4) is 0 Å². The third-order valence-electron chi connectivity index (χ3n) is 6.90. The van der Waals surface area contributed by atoms with Gasteiger partial charge in [-0.25, -0.2) is 4.39 Å². The highest BCUT2D eigenvalue weighted by atomic mass is 19.1. The van der Waals surface area contributed by atoms with Gasteiger partial charge < -0.3 is 15.0 Å². The molecular formula is C24H34FN3O3. The molecule has 0 unspecified atom stereocenters. The molecule has 3 heterocycles. The Morgan fingerprint density at radius 2 is 1.94 bits per heavy atom. The zero-order valence-electron chi connectivity index (χ0n) is 18.6. The van der Waals surface area contributed by atoms with Crippen molar-refractivity contribution in [1.29, 1.82) is 0 Å². The van der Waals surface area contributed by atoms with Crippen LogP contribution in [0.15, 0.2) is 24.3 Å². The number of nitrogens with zero attached hydrogens (tertiary/aromatic N) is 2. The number of hydrogen-bond acceptors (Lipinski definition) is 4. The molecule has 0 radical (unpaired) electrons. The van der Waals surface area contributed by atoms with Gasteiger partial charge in [-0.1, -0.05) is 18.2 Å². The fourth-order valence-corrected chi connectivity index (χ4v) is 5.53. The minimum Gasteiger partial charge on any atom is -0.376 e. The van der Waals surface area contributed by atoms with E-state index in [2.05, 4.69) is 10.2 Å². The summed E-state index contributed by atoms with van der Waals surface area (Å²) < 4.78 is 20.4. The molecule has 3 aliphatic heterocycles. The third-order valence-corrected chi connectivity index (χ3v) is 6.90. The molecule has 3 fully saturated rings. The van der Waals surface area contributed by atoms with Crippen molar-refractivity contribution in [1.82, 2.24) is 15.1 Å². The lowest BCUT2D eigenvalue weighted by atomic mass is 9.84. The molecule has 170 valence electrons. The molecule has 6 nitrogen and oxygen atoms in total. The quantitative estimate of drug-likeness (QED) is 0.721. The summed E-state index contributed by atoms with van der Waals surface area (Å²) in [6, 6.07) is 7.04. The second-order valence-electron chi connectivity index (χ2n) is 9.52. The van der Waals surface area contributed by atoms with E-state index >= 15 is 0 Å². The number of halogens is 1. The minimum atomic E-state index is -0.209. The van der Waals surface area contributed by atoms with Crippen LogP contribution < -0.4 is 5.32 Å². The van der Waals surface area contributed by atoms with Gasteiger partial charge >= 0.3 is 0 Å². The van der Waals surface area contributed by atoms with Crippen LogP contribution in [-0.2, 0) is 20.9 Å². The maximum absolute atomic E-state index is 14.3. The van der Waals surface area contributed by atoms with Crippen LogP contribution in [0.5, 0.6) is 0 Å². The van der Waals surface area contributed by atoms with Crippen LogP contribution >= 0.6 is 0 Å². The molecule has 4 rings (SSSR count). The topological polar surface area (TPSA) is 61.9 Å². The number of likely N-dealkylation sites (tertiary alicyclic amines) is 2. The highest BCUT2D eigenvalue weighted by Gasteiger charge is 2.51. The van der Waals surface area contributed by atoms with Gasteiger partial charge in [0.05, 0.1) is 19.1 Å². The SMILES string of the molecule is CC(C)NC(=O)C[C@@H]1CN(Cc2ccccc2F)[C@@H]2CO[C@@H](CC(=O)N3CCCC3)[C@H]12. The normalized spacial score (nSPS) is 28.3. The Labute approximate surface area is 184 Å². The Hall–Kier alpha value is -1.99. The van der Waals surface area contributed by atoms with Gasteiger partial charge in [-0.2, -0.15) is 0 Å². The fourth-order valence-electron chi connectivity index (χ4n) is 5.53. The van der Waals surface area contributed by atoms with E-state index in [0.29, 0.717) is 38.1 Å². The predicted octanol–water partition coefficient (Wildman–Crippen LogP) is 2.57. The third kappa shape index (κ3) is 5.09. The van der Waals surface area contributed by atoms with Gasteiger partial charge in [0.2, 0.25) is 11.8 Å². The number of benzene rings is 1. The molecule has 31 heavy (non-hydrogen) atoms. The van der Waals surface area contributed by atoms with Crippen molar-refractivity contribution >= 4 is 11.8 Å². The van der Waals surface area contributed by atoms with Crippen LogP contribution in [0.25, 0.3) is 0 Å². The van der Waals surface area contributed by atoms with Crippen molar-refractivity contribution in [3.8, 4) is 0 Å². The Balaban J connectivity index is 1.49. The average molecular weight is 432 g/mol. The van der Waals surface area contributed by atoms with E-state index in [-0.39, 0.29) is 47.7 Å². The number of nitrogens with one attached hydrogen (secondary N) is 1. The molecule has 0 aromatic heterocycles. The number of fused-ring (bicyclic) bond motifs is 1. The minimum absolute atomic E-state index is 0.0306. The molecule has 0 aliphatic carbocycles. The lowest BCUT2D eigenvalue weighted by Crippen LogP contribution is -2.37. The molecule has 0 spiro atoms. The first-order valence-corrected chi connectivity index (χ1v) is 11.6. The molecule has 7 heteroatoms. The first-order chi connectivity index (χ1) is 14.9. The molecule has 1 aromatic carbocycles. The Kier molecular flexibility index (Phi) is 6.92. The van der Waals surface area contributed by atoms with Crippen molar-refractivity contribution in [3.63, 3.8) is 0 Å². The Bertz CT molecular complexity index is 796. The Morgan fingerprint density at radius 3 is 2.65 bits per heavy atom. The van der Waals surface area contributed by atoms with E-state index in [0.717, 1.165) is 25.9 Å². The van der Waals surface area contributed by atoms with Gasteiger partial charge in [0.1, 0.15) is 5.82 Å². The van der Waals surface area contributed by atoms with Crippen molar-refractivity contribution in [2.45, 2.75) is 64.3 Å². The number of hydrogen-bond donors (Lipinski definition) is 1. The maximum atomic E-state index is 14.3. The number of carbonyl (C=O) groups excluding carboxylic acids is 2. The van der Waals surface area contributed by atoms with Gasteiger partial charge in [-0.3, -0.25) is 14.5 Å². The fraction of sp³-hybridized carbons (Fsp3) is 0.667. The number of amides is 2. The highest BCUT2D eigenvalue weighted by molar-refractivity contribution is 5.77. The van der Waals surface area contributed by atoms with Gasteiger partial charge in [0, 0.05) is 56.2 Å². The molecule has 4 atom stereocenters. The van der Waals surface area contributed by atoms with Crippen LogP contribution in [0, 0.1) is 17.7 Å². The van der Waals surface area contributed by atoms with Crippen molar-refractivity contribution in [3.05, 3.63) is 35.6 Å². The van der Waals surface area contributed by atoms with Crippen molar-refractivity contribution in [2.24, 2.45) is 11.8 Å². The zero-order valence-corrected chi connectivity index (χ0v) is 18.6. The van der Waals surface area contributed by atoms with E-state index in [1.165, 1.54) is 6.07 Å². The lowest BCUT2D eigenvalue weighted by molar-refractivity contribution is -0.133. The standard InChI is InChI=1S/C24H34FN3O3/c1-16(2)26-22(29)11-18-14-28(13-17-7-3-4-8-19(17)25)20-15-31-21(24(18)20)12-23(30)27-9-5-6-10-27/h3-4,7-8,16,18,20-21,24H,5-6,9-15H2,1-2H3,(H,26,29)/t18-,20-,21+,24-/m1/s1. The molecule has 3 aliphatic rings. The van der Waals surface area contributed by atoms with E-state index in [1.807, 2.05) is 30.9 Å². The predicted molar refractivity (Wildman–Crippen MR) is 116 cm³/mol. The molecule has 2 amide bonds. The monoisotopic (exact) mass is 431 g/mol. The first-order valence-electron chi connectivity index (χ1n) is 11.6. The van der Waals surface area contributed by atoms with E-state index in [1.54, 1.807) is 6.07 Å². The van der Waals surface area contributed by atoms with Gasteiger partial charge in [0.15, 0.2) is 0 Å². The molecular weight excluding hydrogens is 397 g/mol. The van der Waals surface area contributed by atoms with Crippen LogP contribution in [-0.4, -0.2) is 66.0 Å². The molecule has 1 aromatic rings. The van der Waals surface area contributed by atoms with Crippen LogP contribution in [0.2, 0.25) is 0 Å². The van der Waals surface area contributed by atoms with E-state index in [9.17, 15) is 14.0 Å². The molecule has 0 saturated carbocycles. The highest BCUT2D eigenvalue weighted by Crippen LogP contribution is 2.42. The van der Waals surface area contributed by atoms with E-state index in [4.69, 9.17) is 4.74 Å². The number of ether oxygens (including phenoxy) is 1. The summed E-state index contributed by atoms with van der Waals surface area (Å²) in [5, 5.41) is 2.99. The summed E-state index contributed by atoms with van der Waals surface area (Å²) in [4.78, 5) is 29.5. The van der Waals surface area contributed by atoms with Gasteiger partial charge in [-0.05, 0) is 38.7 Å². The average Bonchev–Trinajstić information content (AvgIpc) is 3.43. The summed E-state index contributed by atoms with van der Waals surface area (Å²) in [5.74, 6) is 0.175. The summed E-state index contributed by atoms with van der Waals surface area (Å²) in [6.07, 6.45) is 2.73. The smallest absolute Gasteiger partial charge is 0.225 e.